The third kappa shape index (κ3) is 5.64. The van der Waals surface area contributed by atoms with Gasteiger partial charge in [0.2, 0.25) is 10.0 Å². The Balaban J connectivity index is 1.63. The Kier molecular flexibility index (Phi) is 7.82. The normalized spacial score (nSPS) is 15.9. The van der Waals surface area contributed by atoms with E-state index < -0.39 is 39.2 Å². The van der Waals surface area contributed by atoms with Crippen molar-refractivity contribution in [3.8, 4) is 0 Å². The van der Waals surface area contributed by atoms with E-state index in [0.29, 0.717) is 22.9 Å². The molecule has 1 aliphatic heterocycles. The van der Waals surface area contributed by atoms with Crippen LogP contribution >= 0.6 is 11.6 Å². The summed E-state index contributed by atoms with van der Waals surface area (Å²) < 4.78 is 47.8. The van der Waals surface area contributed by atoms with Gasteiger partial charge in [-0.2, -0.15) is 4.31 Å². The van der Waals surface area contributed by atoms with E-state index in [1.807, 2.05) is 32.1 Å². The molecule has 0 bridgehead atoms. The molecule has 0 aliphatic carbocycles. The highest BCUT2D eigenvalue weighted by Gasteiger charge is 2.36. The Labute approximate surface area is 215 Å². The van der Waals surface area contributed by atoms with E-state index in [4.69, 9.17) is 16.0 Å². The summed E-state index contributed by atoms with van der Waals surface area (Å²) in [7, 11) is -4.27. The molecule has 190 valence electrons. The molecule has 1 aromatic heterocycles. The van der Waals surface area contributed by atoms with Crippen molar-refractivity contribution in [2.45, 2.75) is 31.2 Å². The van der Waals surface area contributed by atoms with E-state index in [-0.39, 0.29) is 12.5 Å². The lowest BCUT2D eigenvalue weighted by Crippen LogP contribution is -2.47. The molecule has 0 fully saturated rings. The number of halogens is 2. The molecule has 0 radical (unpaired) electrons. The monoisotopic (exact) mass is 531 g/mol. The summed E-state index contributed by atoms with van der Waals surface area (Å²) in [5.74, 6) is -0.692. The minimum atomic E-state index is -4.27. The van der Waals surface area contributed by atoms with Crippen molar-refractivity contribution in [1.82, 2.24) is 14.7 Å². The van der Waals surface area contributed by atoms with Crippen molar-refractivity contribution < 1.29 is 22.0 Å². The summed E-state index contributed by atoms with van der Waals surface area (Å²) in [6, 6.07) is 15.1. The summed E-state index contributed by atoms with van der Waals surface area (Å²) in [5.41, 5.74) is 4.52. The van der Waals surface area contributed by atoms with Gasteiger partial charge in [-0.3, -0.25) is 10.2 Å². The van der Waals surface area contributed by atoms with Crippen molar-refractivity contribution in [1.29, 1.82) is 0 Å². The molecule has 3 aromatic rings. The fraction of sp³-hybridized carbons (Fsp3) is 0.269. The van der Waals surface area contributed by atoms with Gasteiger partial charge in [-0.15, -0.1) is 0 Å². The lowest BCUT2D eigenvalue weighted by molar-refractivity contribution is -0.135. The molecule has 4 rings (SSSR count). The van der Waals surface area contributed by atoms with E-state index >= 15 is 0 Å². The quantitative estimate of drug-likeness (QED) is 0.408. The van der Waals surface area contributed by atoms with Crippen LogP contribution in [0.1, 0.15) is 37.6 Å². The molecule has 7 nitrogen and oxygen atoms in total. The molecule has 0 unspecified atom stereocenters. The highest BCUT2D eigenvalue weighted by atomic mass is 35.5. The molecule has 2 heterocycles. The Morgan fingerprint density at radius 1 is 1.14 bits per heavy atom. The van der Waals surface area contributed by atoms with Gasteiger partial charge in [0.1, 0.15) is 22.5 Å². The fourth-order valence-electron chi connectivity index (χ4n) is 3.85. The van der Waals surface area contributed by atoms with Crippen LogP contribution in [0.25, 0.3) is 5.70 Å². The number of hydrazine groups is 1. The van der Waals surface area contributed by atoms with Gasteiger partial charge in [0.05, 0.1) is 18.5 Å². The van der Waals surface area contributed by atoms with E-state index in [9.17, 15) is 17.6 Å². The van der Waals surface area contributed by atoms with Gasteiger partial charge in [-0.25, -0.2) is 17.8 Å². The first-order valence-electron chi connectivity index (χ1n) is 11.5. The first-order chi connectivity index (χ1) is 17.2. The molecular formula is C26H27ClFN3O4S. The Morgan fingerprint density at radius 2 is 1.86 bits per heavy atom. The molecule has 10 heteroatoms. The maximum absolute atomic E-state index is 14.5. The van der Waals surface area contributed by atoms with E-state index in [1.165, 1.54) is 29.5 Å². The first-order valence-corrected chi connectivity index (χ1v) is 13.3. The highest BCUT2D eigenvalue weighted by Crippen LogP contribution is 2.32. The Morgan fingerprint density at radius 3 is 2.50 bits per heavy atom. The average molecular weight is 532 g/mol. The van der Waals surface area contributed by atoms with Gasteiger partial charge in [0.15, 0.2) is 0 Å². The summed E-state index contributed by atoms with van der Waals surface area (Å²) in [6.07, 6.45) is 3.83. The summed E-state index contributed by atoms with van der Waals surface area (Å²) in [4.78, 5) is 13.1. The second-order valence-electron chi connectivity index (χ2n) is 8.87. The molecular weight excluding hydrogens is 505 g/mol. The summed E-state index contributed by atoms with van der Waals surface area (Å²) >= 11 is 6.01. The SMILES string of the molecule is CC(C)CCN(CC(=O)N1NC(c2ccc(Cl)cc2)=C[C@@H]1c1ccco1)S(=O)(=O)c1ccccc1F. The zero-order valence-electron chi connectivity index (χ0n) is 19.9. The topological polar surface area (TPSA) is 82.9 Å². The molecule has 1 atom stereocenters. The average Bonchev–Trinajstić information content (AvgIpc) is 3.52. The van der Waals surface area contributed by atoms with Crippen LogP contribution < -0.4 is 5.43 Å². The maximum atomic E-state index is 14.5. The number of amides is 1. The zero-order valence-corrected chi connectivity index (χ0v) is 21.5. The van der Waals surface area contributed by atoms with Crippen molar-refractivity contribution >= 4 is 33.2 Å². The number of carbonyl (C=O) groups is 1. The first kappa shape index (κ1) is 25.9. The molecule has 0 spiro atoms. The smallest absolute Gasteiger partial charge is 0.257 e. The minimum absolute atomic E-state index is 0.0663. The lowest BCUT2D eigenvalue weighted by Gasteiger charge is -2.28. The van der Waals surface area contributed by atoms with Crippen molar-refractivity contribution in [2.24, 2.45) is 5.92 Å². The number of nitrogens with one attached hydrogen (secondary N) is 1. The largest absolute Gasteiger partial charge is 0.467 e. The molecule has 36 heavy (non-hydrogen) atoms. The summed E-state index contributed by atoms with van der Waals surface area (Å²) in [5, 5.41) is 1.91. The van der Waals surface area contributed by atoms with E-state index in [2.05, 4.69) is 5.43 Å². The molecule has 0 saturated carbocycles. The number of hydrogen-bond acceptors (Lipinski definition) is 5. The molecule has 0 saturated heterocycles. The van der Waals surface area contributed by atoms with Crippen LogP contribution in [0.2, 0.25) is 5.02 Å². The number of sulfonamides is 1. The van der Waals surface area contributed by atoms with Crippen LogP contribution in [-0.4, -0.2) is 36.7 Å². The second-order valence-corrected chi connectivity index (χ2v) is 11.2. The fourth-order valence-corrected chi connectivity index (χ4v) is 5.45. The van der Waals surface area contributed by atoms with Crippen molar-refractivity contribution in [2.75, 3.05) is 13.1 Å². The van der Waals surface area contributed by atoms with Crippen LogP contribution in [0.15, 0.2) is 82.3 Å². The van der Waals surface area contributed by atoms with Gasteiger partial charge < -0.3 is 4.42 Å². The standard InChI is InChI=1S/C26H27ClFN3O4S/c1-18(2)13-14-30(36(33,34)25-8-4-3-6-21(25)28)17-26(32)31-23(24-7-5-15-35-24)16-22(29-31)19-9-11-20(27)12-10-19/h3-12,15-16,18,23,29H,13-14,17H2,1-2H3/t23-/m1/s1. The van der Waals surface area contributed by atoms with Gasteiger partial charge in [0.25, 0.3) is 5.91 Å². The van der Waals surface area contributed by atoms with Gasteiger partial charge >= 0.3 is 0 Å². The summed E-state index contributed by atoms with van der Waals surface area (Å²) in [6.45, 7) is 3.49. The van der Waals surface area contributed by atoms with Crippen molar-refractivity contribution in [3.63, 3.8) is 0 Å². The molecule has 1 aliphatic rings. The highest BCUT2D eigenvalue weighted by molar-refractivity contribution is 7.89. The van der Waals surface area contributed by atoms with E-state index in [0.717, 1.165) is 15.9 Å². The van der Waals surface area contributed by atoms with Crippen LogP contribution in [0.3, 0.4) is 0 Å². The molecule has 1 amide bonds. The predicted octanol–water partition coefficient (Wildman–Crippen LogP) is 5.24. The lowest BCUT2D eigenvalue weighted by atomic mass is 10.1. The number of nitrogens with zero attached hydrogens (tertiary/aromatic N) is 2. The predicted molar refractivity (Wildman–Crippen MR) is 135 cm³/mol. The number of hydrogen-bond donors (Lipinski definition) is 1. The number of benzene rings is 2. The Hall–Kier alpha value is -3.14. The van der Waals surface area contributed by atoms with Crippen LogP contribution in [0.5, 0.6) is 0 Å². The minimum Gasteiger partial charge on any atom is -0.467 e. The second kappa shape index (κ2) is 10.9. The van der Waals surface area contributed by atoms with Crippen LogP contribution in [0.4, 0.5) is 4.39 Å². The zero-order chi connectivity index (χ0) is 25.9. The van der Waals surface area contributed by atoms with Gasteiger partial charge in [-0.05, 0) is 60.4 Å². The van der Waals surface area contributed by atoms with Gasteiger partial charge in [-0.1, -0.05) is 49.7 Å². The number of furan rings is 1. The molecule has 1 N–H and O–H groups in total. The maximum Gasteiger partial charge on any atom is 0.257 e. The van der Waals surface area contributed by atoms with Crippen LogP contribution in [-0.2, 0) is 14.8 Å². The third-order valence-corrected chi connectivity index (χ3v) is 7.95. The van der Waals surface area contributed by atoms with Crippen LogP contribution in [0, 0.1) is 11.7 Å². The third-order valence-electron chi connectivity index (χ3n) is 5.82. The Bertz CT molecular complexity index is 1340. The molecule has 2 aromatic carbocycles. The van der Waals surface area contributed by atoms with E-state index in [1.54, 1.807) is 24.3 Å². The van der Waals surface area contributed by atoms with Gasteiger partial charge in [0, 0.05) is 11.6 Å². The van der Waals surface area contributed by atoms with Crippen molar-refractivity contribution in [3.05, 3.63) is 95.2 Å². The number of rotatable bonds is 9. The number of carbonyl (C=O) groups excluding carboxylic acids is 1.